The van der Waals surface area contributed by atoms with Gasteiger partial charge in [-0.2, -0.15) is 0 Å². The first-order valence-corrected chi connectivity index (χ1v) is 7.81. The van der Waals surface area contributed by atoms with Gasteiger partial charge in [-0.15, -0.1) is 0 Å². The number of rotatable bonds is 2. The number of phenolic OH excluding ortho intramolecular Hbond substituents is 1. The minimum Gasteiger partial charge on any atom is -0.508 e. The van der Waals surface area contributed by atoms with Crippen LogP contribution in [0.4, 0.5) is 0 Å². The lowest BCUT2D eigenvalue weighted by molar-refractivity contribution is 0.475. The van der Waals surface area contributed by atoms with Crippen LogP contribution in [0.15, 0.2) is 58.6 Å². The topological polar surface area (TPSA) is 20.2 Å². The number of benzene rings is 2. The van der Waals surface area contributed by atoms with Gasteiger partial charge in [0.2, 0.25) is 0 Å². The van der Waals surface area contributed by atoms with E-state index in [2.05, 4.69) is 40.2 Å². The number of phenols is 1. The molecule has 0 heterocycles. The van der Waals surface area contributed by atoms with E-state index >= 15 is 0 Å². The highest BCUT2D eigenvalue weighted by atomic mass is 79.9. The summed E-state index contributed by atoms with van der Waals surface area (Å²) in [5, 5.41) is 9.49. The lowest BCUT2D eigenvalue weighted by atomic mass is 9.92. The van der Waals surface area contributed by atoms with E-state index in [0.717, 1.165) is 4.47 Å². The van der Waals surface area contributed by atoms with Crippen LogP contribution < -0.4 is 0 Å². The van der Waals surface area contributed by atoms with Crippen molar-refractivity contribution in [3.63, 3.8) is 0 Å². The third-order valence-electron chi connectivity index (χ3n) is 3.85. The summed E-state index contributed by atoms with van der Waals surface area (Å²) in [4.78, 5) is 0. The predicted octanol–water partition coefficient (Wildman–Crippen LogP) is 5.53. The molecule has 0 radical (unpaired) electrons. The van der Waals surface area contributed by atoms with E-state index in [1.54, 1.807) is 12.1 Å². The summed E-state index contributed by atoms with van der Waals surface area (Å²) in [7, 11) is 0. The number of allylic oxidation sites excluding steroid dienone is 1. The number of aromatic hydroxyl groups is 1. The zero-order chi connectivity index (χ0) is 13.9. The molecule has 2 aromatic rings. The third kappa shape index (κ3) is 2.80. The van der Waals surface area contributed by atoms with E-state index in [-0.39, 0.29) is 0 Å². The van der Waals surface area contributed by atoms with Gasteiger partial charge >= 0.3 is 0 Å². The molecule has 2 aromatic carbocycles. The van der Waals surface area contributed by atoms with E-state index in [1.165, 1.54) is 48.0 Å². The lowest BCUT2D eigenvalue weighted by Crippen LogP contribution is -1.92. The molecule has 0 aliphatic heterocycles. The molecule has 0 bridgehead atoms. The van der Waals surface area contributed by atoms with E-state index < -0.39 is 0 Å². The van der Waals surface area contributed by atoms with Gasteiger partial charge in [-0.1, -0.05) is 45.8 Å². The van der Waals surface area contributed by atoms with Crippen molar-refractivity contribution >= 4 is 21.5 Å². The maximum absolute atomic E-state index is 9.49. The molecule has 102 valence electrons. The van der Waals surface area contributed by atoms with Crippen LogP contribution in [0.1, 0.15) is 36.8 Å². The minimum atomic E-state index is 0.320. The highest BCUT2D eigenvalue weighted by Gasteiger charge is 2.15. The number of hydrogen-bond acceptors (Lipinski definition) is 1. The molecule has 1 aliphatic rings. The monoisotopic (exact) mass is 328 g/mol. The van der Waals surface area contributed by atoms with Crippen LogP contribution in [-0.2, 0) is 0 Å². The predicted molar refractivity (Wildman–Crippen MR) is 86.7 cm³/mol. The van der Waals surface area contributed by atoms with E-state index in [4.69, 9.17) is 0 Å². The summed E-state index contributed by atoms with van der Waals surface area (Å²) >= 11 is 3.49. The molecule has 0 unspecified atom stereocenters. The molecule has 0 aromatic heterocycles. The van der Waals surface area contributed by atoms with Gasteiger partial charge in [-0.25, -0.2) is 0 Å². The summed E-state index contributed by atoms with van der Waals surface area (Å²) in [6, 6.07) is 16.1. The second-order valence-electron chi connectivity index (χ2n) is 5.24. The average Bonchev–Trinajstić information content (AvgIpc) is 2.97. The Morgan fingerprint density at radius 2 is 1.30 bits per heavy atom. The Bertz CT molecular complexity index is 568. The fourth-order valence-corrected chi connectivity index (χ4v) is 3.14. The van der Waals surface area contributed by atoms with Gasteiger partial charge < -0.3 is 5.11 Å². The molecule has 0 spiro atoms. The third-order valence-corrected chi connectivity index (χ3v) is 4.38. The summed E-state index contributed by atoms with van der Waals surface area (Å²) in [5.41, 5.74) is 5.34. The van der Waals surface area contributed by atoms with Crippen molar-refractivity contribution in [2.24, 2.45) is 0 Å². The Morgan fingerprint density at radius 3 is 1.85 bits per heavy atom. The van der Waals surface area contributed by atoms with Crippen molar-refractivity contribution in [1.82, 2.24) is 0 Å². The van der Waals surface area contributed by atoms with Gasteiger partial charge in [-0.05, 0) is 66.6 Å². The molecular weight excluding hydrogens is 312 g/mol. The van der Waals surface area contributed by atoms with E-state index in [1.807, 2.05) is 12.1 Å². The molecule has 0 atom stereocenters. The highest BCUT2D eigenvalue weighted by Crippen LogP contribution is 2.36. The van der Waals surface area contributed by atoms with Crippen molar-refractivity contribution in [2.75, 3.05) is 0 Å². The van der Waals surface area contributed by atoms with Crippen LogP contribution in [0.5, 0.6) is 5.75 Å². The molecule has 1 fully saturated rings. The normalized spacial score (nSPS) is 14.6. The summed E-state index contributed by atoms with van der Waals surface area (Å²) in [6.07, 6.45) is 4.94. The van der Waals surface area contributed by atoms with Gasteiger partial charge in [0.25, 0.3) is 0 Å². The molecule has 3 rings (SSSR count). The van der Waals surface area contributed by atoms with Crippen molar-refractivity contribution in [1.29, 1.82) is 0 Å². The van der Waals surface area contributed by atoms with Crippen molar-refractivity contribution in [2.45, 2.75) is 25.7 Å². The van der Waals surface area contributed by atoms with Crippen LogP contribution in [-0.4, -0.2) is 5.11 Å². The first-order chi connectivity index (χ1) is 9.74. The first-order valence-electron chi connectivity index (χ1n) is 7.01. The maximum Gasteiger partial charge on any atom is 0.115 e. The molecule has 0 saturated heterocycles. The average molecular weight is 329 g/mol. The first kappa shape index (κ1) is 13.4. The van der Waals surface area contributed by atoms with Gasteiger partial charge in [-0.3, -0.25) is 0 Å². The summed E-state index contributed by atoms with van der Waals surface area (Å²) < 4.78 is 1.10. The molecule has 2 heteroatoms. The van der Waals surface area contributed by atoms with Gasteiger partial charge in [0.05, 0.1) is 0 Å². The molecule has 20 heavy (non-hydrogen) atoms. The quantitative estimate of drug-likeness (QED) is 0.768. The van der Waals surface area contributed by atoms with Crippen molar-refractivity contribution < 1.29 is 5.11 Å². The molecule has 1 N–H and O–H groups in total. The fraction of sp³-hybridized carbons (Fsp3) is 0.222. The standard InChI is InChI=1S/C18H17BrO/c19-16-9-5-14(6-10-16)18(13-3-1-2-4-13)15-7-11-17(20)12-8-15/h5-12,20H,1-4H2. The number of halogens is 1. The fourth-order valence-electron chi connectivity index (χ4n) is 2.87. The smallest absolute Gasteiger partial charge is 0.115 e. The minimum absolute atomic E-state index is 0.320. The van der Waals surface area contributed by atoms with Gasteiger partial charge in [0.15, 0.2) is 0 Å². The van der Waals surface area contributed by atoms with Gasteiger partial charge in [0.1, 0.15) is 5.75 Å². The van der Waals surface area contributed by atoms with E-state index in [0.29, 0.717) is 5.75 Å². The van der Waals surface area contributed by atoms with Crippen LogP contribution in [0.3, 0.4) is 0 Å². The lowest BCUT2D eigenvalue weighted by Gasteiger charge is -2.13. The van der Waals surface area contributed by atoms with Crippen LogP contribution >= 0.6 is 15.9 Å². The summed E-state index contributed by atoms with van der Waals surface area (Å²) in [6.45, 7) is 0. The van der Waals surface area contributed by atoms with Crippen LogP contribution in [0.2, 0.25) is 0 Å². The Balaban J connectivity index is 2.11. The number of hydrogen-bond donors (Lipinski definition) is 1. The second kappa shape index (κ2) is 5.84. The maximum atomic E-state index is 9.49. The molecule has 1 saturated carbocycles. The Kier molecular flexibility index (Phi) is 3.93. The summed E-state index contributed by atoms with van der Waals surface area (Å²) in [5.74, 6) is 0.320. The van der Waals surface area contributed by atoms with Crippen molar-refractivity contribution in [3.05, 3.63) is 69.7 Å². The Hall–Kier alpha value is -1.54. The molecule has 1 aliphatic carbocycles. The molecular formula is C18H17BrO. The van der Waals surface area contributed by atoms with Crippen LogP contribution in [0, 0.1) is 0 Å². The largest absolute Gasteiger partial charge is 0.508 e. The Labute approximate surface area is 128 Å². The Morgan fingerprint density at radius 1 is 0.800 bits per heavy atom. The van der Waals surface area contributed by atoms with Gasteiger partial charge in [0, 0.05) is 4.47 Å². The zero-order valence-corrected chi connectivity index (χ0v) is 12.9. The van der Waals surface area contributed by atoms with Crippen LogP contribution in [0.25, 0.3) is 5.57 Å². The molecule has 0 amide bonds. The zero-order valence-electron chi connectivity index (χ0n) is 11.3. The van der Waals surface area contributed by atoms with Crippen molar-refractivity contribution in [3.8, 4) is 5.75 Å². The SMILES string of the molecule is Oc1ccc(C(=C2CCCC2)c2ccc(Br)cc2)cc1. The molecule has 1 nitrogen and oxygen atoms in total. The second-order valence-corrected chi connectivity index (χ2v) is 6.16. The highest BCUT2D eigenvalue weighted by molar-refractivity contribution is 9.10. The van der Waals surface area contributed by atoms with E-state index in [9.17, 15) is 5.11 Å².